The van der Waals surface area contributed by atoms with E-state index in [4.69, 9.17) is 9.15 Å². The maximum absolute atomic E-state index is 12.9. The molecule has 2 unspecified atom stereocenters. The Morgan fingerprint density at radius 2 is 2.12 bits per heavy atom. The number of nitrogens with zero attached hydrogens (tertiary/aromatic N) is 3. The van der Waals surface area contributed by atoms with E-state index in [-0.39, 0.29) is 23.8 Å². The smallest absolute Gasteiger partial charge is 0.230 e. The minimum atomic E-state index is -0.267. The second kappa shape index (κ2) is 7.00. The number of carbonyl (C=O) groups is 1. The Morgan fingerprint density at radius 1 is 1.36 bits per heavy atom. The highest BCUT2D eigenvalue weighted by atomic mass is 16.5. The van der Waals surface area contributed by atoms with Gasteiger partial charge in [-0.05, 0) is 26.8 Å². The molecule has 0 saturated carbocycles. The Hall–Kier alpha value is -2.15. The minimum absolute atomic E-state index is 0.0841. The number of carbonyl (C=O) groups excluding carboxylic acids is 1. The van der Waals surface area contributed by atoms with Crippen LogP contribution in [0.5, 0.6) is 0 Å². The van der Waals surface area contributed by atoms with Gasteiger partial charge in [0.05, 0.1) is 19.1 Å². The Labute approximate surface area is 147 Å². The zero-order valence-corrected chi connectivity index (χ0v) is 15.5. The molecule has 3 heterocycles. The molecule has 0 spiro atoms. The zero-order valence-electron chi connectivity index (χ0n) is 15.5. The number of amides is 1. The van der Waals surface area contributed by atoms with Crippen molar-refractivity contribution in [3.05, 3.63) is 34.8 Å². The number of hydrogen-bond acceptors (Lipinski definition) is 5. The summed E-state index contributed by atoms with van der Waals surface area (Å²) >= 11 is 0. The second-order valence-corrected chi connectivity index (χ2v) is 6.97. The number of ether oxygens (including phenoxy) is 1. The molecule has 0 aliphatic carbocycles. The lowest BCUT2D eigenvalue weighted by molar-refractivity contribution is -0.140. The standard InChI is InChI=1S/C18H26N4O3/c1-10(2)16-19-17(21-20-16)15-9-22(6-7-24-15)18(23)12(4)14-8-11(3)25-13(14)5/h8,10,12,15H,6-7,9H2,1-5H3,(H,19,20,21). The molecular weight excluding hydrogens is 320 g/mol. The lowest BCUT2D eigenvalue weighted by Crippen LogP contribution is -2.44. The van der Waals surface area contributed by atoms with Crippen LogP contribution < -0.4 is 0 Å². The van der Waals surface area contributed by atoms with Gasteiger partial charge in [0, 0.05) is 18.0 Å². The number of furan rings is 1. The van der Waals surface area contributed by atoms with Crippen molar-refractivity contribution in [3.63, 3.8) is 0 Å². The largest absolute Gasteiger partial charge is 0.466 e. The van der Waals surface area contributed by atoms with Gasteiger partial charge in [0.15, 0.2) is 11.6 Å². The molecule has 136 valence electrons. The second-order valence-electron chi connectivity index (χ2n) is 6.97. The minimum Gasteiger partial charge on any atom is -0.466 e. The Kier molecular flexibility index (Phi) is 4.94. The van der Waals surface area contributed by atoms with Gasteiger partial charge in [-0.3, -0.25) is 9.89 Å². The van der Waals surface area contributed by atoms with Crippen LogP contribution in [0.3, 0.4) is 0 Å². The van der Waals surface area contributed by atoms with Crippen molar-refractivity contribution in [2.45, 2.75) is 52.6 Å². The van der Waals surface area contributed by atoms with Gasteiger partial charge in [0.25, 0.3) is 0 Å². The molecule has 3 rings (SSSR count). The number of rotatable bonds is 4. The van der Waals surface area contributed by atoms with Crippen molar-refractivity contribution in [2.24, 2.45) is 0 Å². The van der Waals surface area contributed by atoms with Gasteiger partial charge < -0.3 is 14.1 Å². The van der Waals surface area contributed by atoms with Gasteiger partial charge in [-0.1, -0.05) is 13.8 Å². The van der Waals surface area contributed by atoms with Gasteiger partial charge in [0.2, 0.25) is 5.91 Å². The number of nitrogens with one attached hydrogen (secondary N) is 1. The first kappa shape index (κ1) is 17.7. The summed E-state index contributed by atoms with van der Waals surface area (Å²) in [6.07, 6.45) is -0.267. The van der Waals surface area contributed by atoms with Gasteiger partial charge in [-0.15, -0.1) is 0 Å². The average molecular weight is 346 g/mol. The quantitative estimate of drug-likeness (QED) is 0.920. The summed E-state index contributed by atoms with van der Waals surface area (Å²) in [5.74, 6) is 3.18. The SMILES string of the molecule is Cc1cc(C(C)C(=O)N2CCOC(c3nc(C(C)C)n[nH]3)C2)c(C)o1. The summed E-state index contributed by atoms with van der Waals surface area (Å²) in [5, 5.41) is 7.18. The molecule has 1 aliphatic heterocycles. The Morgan fingerprint density at radius 3 is 2.72 bits per heavy atom. The van der Waals surface area contributed by atoms with Crippen molar-refractivity contribution in [3.8, 4) is 0 Å². The van der Waals surface area contributed by atoms with Crippen molar-refractivity contribution in [1.82, 2.24) is 20.1 Å². The number of morpholine rings is 1. The van der Waals surface area contributed by atoms with Crippen molar-refractivity contribution >= 4 is 5.91 Å². The van der Waals surface area contributed by atoms with Crippen LogP contribution in [0, 0.1) is 13.8 Å². The zero-order chi connectivity index (χ0) is 18.1. The van der Waals surface area contributed by atoms with Crippen LogP contribution in [0.15, 0.2) is 10.5 Å². The molecule has 2 aromatic rings. The van der Waals surface area contributed by atoms with E-state index in [9.17, 15) is 4.79 Å². The predicted octanol–water partition coefficient (Wildman–Crippen LogP) is 2.84. The first-order valence-electron chi connectivity index (χ1n) is 8.76. The first-order chi connectivity index (χ1) is 11.9. The number of aromatic amines is 1. The molecule has 7 nitrogen and oxygen atoms in total. The van der Waals surface area contributed by atoms with E-state index in [0.717, 1.165) is 22.9 Å². The highest BCUT2D eigenvalue weighted by molar-refractivity contribution is 5.83. The molecule has 1 N–H and O–H groups in total. The van der Waals surface area contributed by atoms with Crippen LogP contribution in [0.25, 0.3) is 0 Å². The van der Waals surface area contributed by atoms with Gasteiger partial charge in [-0.2, -0.15) is 5.10 Å². The lowest BCUT2D eigenvalue weighted by Gasteiger charge is -2.33. The van der Waals surface area contributed by atoms with Crippen molar-refractivity contribution in [2.75, 3.05) is 19.7 Å². The van der Waals surface area contributed by atoms with E-state index < -0.39 is 0 Å². The molecule has 0 radical (unpaired) electrons. The summed E-state index contributed by atoms with van der Waals surface area (Å²) in [5.41, 5.74) is 0.951. The maximum atomic E-state index is 12.9. The van der Waals surface area contributed by atoms with E-state index in [1.807, 2.05) is 45.6 Å². The number of H-pyrrole nitrogens is 1. The summed E-state index contributed by atoms with van der Waals surface area (Å²) in [6.45, 7) is 11.4. The van der Waals surface area contributed by atoms with Gasteiger partial charge in [-0.25, -0.2) is 4.98 Å². The predicted molar refractivity (Wildman–Crippen MR) is 92.3 cm³/mol. The van der Waals surface area contributed by atoms with Gasteiger partial charge in [0.1, 0.15) is 17.6 Å². The van der Waals surface area contributed by atoms with E-state index >= 15 is 0 Å². The van der Waals surface area contributed by atoms with Gasteiger partial charge >= 0.3 is 0 Å². The molecule has 1 fully saturated rings. The molecule has 1 aliphatic rings. The van der Waals surface area contributed by atoms with E-state index in [0.29, 0.717) is 25.5 Å². The molecule has 1 saturated heterocycles. The van der Waals surface area contributed by atoms with E-state index in [2.05, 4.69) is 15.2 Å². The summed E-state index contributed by atoms with van der Waals surface area (Å²) in [4.78, 5) is 19.3. The fourth-order valence-electron chi connectivity index (χ4n) is 3.19. The Balaban J connectivity index is 1.71. The fraction of sp³-hybridized carbons (Fsp3) is 0.611. The molecule has 1 amide bonds. The van der Waals surface area contributed by atoms with Crippen molar-refractivity contribution < 1.29 is 13.9 Å². The molecule has 25 heavy (non-hydrogen) atoms. The summed E-state index contributed by atoms with van der Waals surface area (Å²) in [6, 6.07) is 1.95. The van der Waals surface area contributed by atoms with Crippen LogP contribution >= 0.6 is 0 Å². The van der Waals surface area contributed by atoms with Crippen LogP contribution in [-0.4, -0.2) is 45.7 Å². The summed E-state index contributed by atoms with van der Waals surface area (Å²) < 4.78 is 11.4. The third-order valence-electron chi connectivity index (χ3n) is 4.64. The summed E-state index contributed by atoms with van der Waals surface area (Å²) in [7, 11) is 0. The molecule has 0 aromatic carbocycles. The number of hydrogen-bond donors (Lipinski definition) is 1. The van der Waals surface area contributed by atoms with E-state index in [1.54, 1.807) is 0 Å². The lowest BCUT2D eigenvalue weighted by atomic mass is 9.99. The third-order valence-corrected chi connectivity index (χ3v) is 4.64. The molecule has 2 atom stereocenters. The molecule has 7 heteroatoms. The number of aryl methyl sites for hydroxylation is 2. The molecular formula is C18H26N4O3. The van der Waals surface area contributed by atoms with Crippen LogP contribution in [0.1, 0.15) is 67.4 Å². The normalized spacial score (nSPS) is 19.4. The Bertz CT molecular complexity index is 749. The first-order valence-corrected chi connectivity index (χ1v) is 8.76. The maximum Gasteiger partial charge on any atom is 0.230 e. The third kappa shape index (κ3) is 3.61. The van der Waals surface area contributed by atoms with Crippen molar-refractivity contribution in [1.29, 1.82) is 0 Å². The topological polar surface area (TPSA) is 84.3 Å². The van der Waals surface area contributed by atoms with E-state index in [1.165, 1.54) is 0 Å². The molecule has 0 bridgehead atoms. The van der Waals surface area contributed by atoms with Crippen LogP contribution in [0.4, 0.5) is 0 Å². The van der Waals surface area contributed by atoms with Crippen LogP contribution in [0.2, 0.25) is 0 Å². The highest BCUT2D eigenvalue weighted by Gasteiger charge is 2.31. The highest BCUT2D eigenvalue weighted by Crippen LogP contribution is 2.27. The number of aromatic nitrogens is 3. The molecule has 2 aromatic heterocycles. The fourth-order valence-corrected chi connectivity index (χ4v) is 3.19. The van der Waals surface area contributed by atoms with Crippen LogP contribution in [-0.2, 0) is 9.53 Å². The average Bonchev–Trinajstić information content (AvgIpc) is 3.20. The monoisotopic (exact) mass is 346 g/mol.